The minimum absolute atomic E-state index is 0.157. The maximum atomic E-state index is 11.5. The summed E-state index contributed by atoms with van der Waals surface area (Å²) in [5, 5.41) is 0. The molecule has 1 aromatic rings. The lowest BCUT2D eigenvalue weighted by atomic mass is 10.2. The van der Waals surface area contributed by atoms with E-state index in [2.05, 4.69) is 0 Å². The van der Waals surface area contributed by atoms with Crippen molar-refractivity contribution in [2.75, 3.05) is 13.2 Å². The lowest BCUT2D eigenvalue weighted by molar-refractivity contribution is -0.149. The van der Waals surface area contributed by atoms with E-state index in [1.54, 1.807) is 19.9 Å². The molecule has 0 fully saturated rings. The maximum Gasteiger partial charge on any atom is 0.344 e. The molecule has 1 aromatic carbocycles. The monoisotopic (exact) mass is 267 g/mol. The van der Waals surface area contributed by atoms with Crippen LogP contribution >= 0.6 is 0 Å². The first-order chi connectivity index (χ1) is 9.08. The lowest BCUT2D eigenvalue weighted by Crippen LogP contribution is -2.19. The Labute approximate surface area is 113 Å². The van der Waals surface area contributed by atoms with E-state index in [4.69, 9.17) is 19.9 Å². The van der Waals surface area contributed by atoms with Gasteiger partial charge >= 0.3 is 5.97 Å². The number of carbonyl (C=O) groups excluding carboxylic acids is 1. The Morgan fingerprint density at radius 1 is 1.32 bits per heavy atom. The van der Waals surface area contributed by atoms with E-state index in [1.165, 1.54) is 0 Å². The van der Waals surface area contributed by atoms with Crippen molar-refractivity contribution in [2.45, 2.75) is 33.4 Å². The van der Waals surface area contributed by atoms with Crippen LogP contribution in [0.15, 0.2) is 18.2 Å². The number of esters is 1. The third-order valence-electron chi connectivity index (χ3n) is 2.28. The summed E-state index contributed by atoms with van der Waals surface area (Å²) >= 11 is 0. The average Bonchev–Trinajstić information content (AvgIpc) is 2.36. The van der Waals surface area contributed by atoms with Gasteiger partial charge in [0.1, 0.15) is 0 Å². The summed E-state index contributed by atoms with van der Waals surface area (Å²) in [6.07, 6.45) is -0.160. The van der Waals surface area contributed by atoms with E-state index in [9.17, 15) is 4.79 Å². The van der Waals surface area contributed by atoms with Crippen molar-refractivity contribution in [1.82, 2.24) is 0 Å². The van der Waals surface area contributed by atoms with Crippen molar-refractivity contribution < 1.29 is 19.0 Å². The molecule has 0 aliphatic carbocycles. The van der Waals surface area contributed by atoms with E-state index in [0.717, 1.165) is 5.56 Å². The summed E-state index contributed by atoms with van der Waals surface area (Å²) in [6, 6.07) is 5.46. The molecule has 19 heavy (non-hydrogen) atoms. The normalized spacial score (nSPS) is 10.4. The quantitative estimate of drug-likeness (QED) is 0.764. The highest BCUT2D eigenvalue weighted by molar-refractivity contribution is 5.71. The van der Waals surface area contributed by atoms with Gasteiger partial charge in [0.05, 0.1) is 12.7 Å². The first-order valence-electron chi connectivity index (χ1n) is 6.35. The zero-order chi connectivity index (χ0) is 14.3. The molecule has 0 atom stereocenters. The highest BCUT2D eigenvalue weighted by Gasteiger charge is 2.13. The van der Waals surface area contributed by atoms with Crippen LogP contribution in [-0.2, 0) is 16.1 Å². The number of nitrogens with two attached hydrogens (primary N) is 1. The predicted molar refractivity (Wildman–Crippen MR) is 72.2 cm³/mol. The van der Waals surface area contributed by atoms with Crippen molar-refractivity contribution >= 4 is 5.97 Å². The second kappa shape index (κ2) is 7.63. The van der Waals surface area contributed by atoms with Crippen molar-refractivity contribution in [3.63, 3.8) is 0 Å². The molecule has 0 unspecified atom stereocenters. The summed E-state index contributed by atoms with van der Waals surface area (Å²) in [5.74, 6) is 0.680. The molecule has 0 aliphatic rings. The second-order valence-electron chi connectivity index (χ2n) is 4.21. The Morgan fingerprint density at radius 2 is 2.05 bits per heavy atom. The standard InChI is InChI=1S/C14H21NO4/c1-4-17-12-7-5-6-11(8-15)14(12)18-9-13(16)19-10(2)3/h5-7,10H,4,8-9,15H2,1-3H3. The van der Waals surface area contributed by atoms with Gasteiger partial charge in [0, 0.05) is 12.1 Å². The molecule has 0 bridgehead atoms. The summed E-state index contributed by atoms with van der Waals surface area (Å²) < 4.78 is 16.0. The van der Waals surface area contributed by atoms with Crippen LogP contribution < -0.4 is 15.2 Å². The fraction of sp³-hybridized carbons (Fsp3) is 0.500. The molecular formula is C14H21NO4. The Hall–Kier alpha value is -1.75. The van der Waals surface area contributed by atoms with Crippen molar-refractivity contribution in [2.24, 2.45) is 5.73 Å². The van der Waals surface area contributed by atoms with Crippen LogP contribution in [0, 0.1) is 0 Å². The number of benzene rings is 1. The van der Waals surface area contributed by atoms with Gasteiger partial charge in [-0.15, -0.1) is 0 Å². The topological polar surface area (TPSA) is 70.8 Å². The fourth-order valence-electron chi connectivity index (χ4n) is 1.58. The minimum atomic E-state index is -0.413. The zero-order valence-electron chi connectivity index (χ0n) is 11.6. The van der Waals surface area contributed by atoms with E-state index < -0.39 is 5.97 Å². The molecular weight excluding hydrogens is 246 g/mol. The molecule has 2 N–H and O–H groups in total. The van der Waals surface area contributed by atoms with Gasteiger partial charge in [-0.3, -0.25) is 0 Å². The lowest BCUT2D eigenvalue weighted by Gasteiger charge is -2.15. The molecule has 0 saturated heterocycles. The highest BCUT2D eigenvalue weighted by atomic mass is 16.6. The fourth-order valence-corrected chi connectivity index (χ4v) is 1.58. The molecule has 0 saturated carbocycles. The van der Waals surface area contributed by atoms with Gasteiger partial charge in [0.25, 0.3) is 0 Å². The third-order valence-corrected chi connectivity index (χ3v) is 2.28. The molecule has 5 nitrogen and oxygen atoms in total. The summed E-state index contributed by atoms with van der Waals surface area (Å²) in [5.41, 5.74) is 6.45. The molecule has 0 aromatic heterocycles. The van der Waals surface area contributed by atoms with Gasteiger partial charge in [0.2, 0.25) is 0 Å². The van der Waals surface area contributed by atoms with Crippen LogP contribution in [0.25, 0.3) is 0 Å². The second-order valence-corrected chi connectivity index (χ2v) is 4.21. The van der Waals surface area contributed by atoms with Crippen LogP contribution in [0.5, 0.6) is 11.5 Å². The first kappa shape index (κ1) is 15.3. The Kier molecular flexibility index (Phi) is 6.15. The maximum absolute atomic E-state index is 11.5. The number of hydrogen-bond acceptors (Lipinski definition) is 5. The van der Waals surface area contributed by atoms with Crippen LogP contribution in [0.4, 0.5) is 0 Å². The zero-order valence-corrected chi connectivity index (χ0v) is 11.6. The van der Waals surface area contributed by atoms with Crippen molar-refractivity contribution in [3.8, 4) is 11.5 Å². The largest absolute Gasteiger partial charge is 0.490 e. The average molecular weight is 267 g/mol. The van der Waals surface area contributed by atoms with Gasteiger partial charge in [-0.1, -0.05) is 12.1 Å². The molecule has 0 aliphatic heterocycles. The number of carbonyl (C=O) groups is 1. The number of rotatable bonds is 7. The molecule has 5 heteroatoms. The predicted octanol–water partition coefficient (Wildman–Crippen LogP) is 1.87. The van der Waals surface area contributed by atoms with Gasteiger partial charge in [-0.25, -0.2) is 4.79 Å². The Bertz CT molecular complexity index is 418. The van der Waals surface area contributed by atoms with E-state index in [1.807, 2.05) is 19.1 Å². The number of ether oxygens (including phenoxy) is 3. The molecule has 0 spiro atoms. The van der Waals surface area contributed by atoms with Crippen LogP contribution in [0.2, 0.25) is 0 Å². The van der Waals surface area contributed by atoms with Gasteiger partial charge in [-0.2, -0.15) is 0 Å². The molecule has 1 rings (SSSR count). The van der Waals surface area contributed by atoms with Crippen molar-refractivity contribution in [3.05, 3.63) is 23.8 Å². The number of para-hydroxylation sites is 1. The minimum Gasteiger partial charge on any atom is -0.490 e. The molecule has 106 valence electrons. The van der Waals surface area contributed by atoms with Crippen LogP contribution in [-0.4, -0.2) is 25.3 Å². The molecule has 0 heterocycles. The Morgan fingerprint density at radius 3 is 2.63 bits per heavy atom. The Balaban J connectivity index is 2.77. The summed E-state index contributed by atoms with van der Waals surface area (Å²) in [6.45, 7) is 6.13. The van der Waals surface area contributed by atoms with Crippen LogP contribution in [0.3, 0.4) is 0 Å². The van der Waals surface area contributed by atoms with Crippen LogP contribution in [0.1, 0.15) is 26.3 Å². The van der Waals surface area contributed by atoms with E-state index in [-0.39, 0.29) is 12.7 Å². The first-order valence-corrected chi connectivity index (χ1v) is 6.35. The highest BCUT2D eigenvalue weighted by Crippen LogP contribution is 2.31. The van der Waals surface area contributed by atoms with E-state index >= 15 is 0 Å². The number of hydrogen-bond donors (Lipinski definition) is 1. The summed E-state index contributed by atoms with van der Waals surface area (Å²) in [4.78, 5) is 11.5. The molecule has 0 amide bonds. The van der Waals surface area contributed by atoms with Gasteiger partial charge in [-0.05, 0) is 26.8 Å². The van der Waals surface area contributed by atoms with Gasteiger partial charge < -0.3 is 19.9 Å². The SMILES string of the molecule is CCOc1cccc(CN)c1OCC(=O)OC(C)C. The summed E-state index contributed by atoms with van der Waals surface area (Å²) in [7, 11) is 0. The smallest absolute Gasteiger partial charge is 0.344 e. The van der Waals surface area contributed by atoms with E-state index in [0.29, 0.717) is 24.7 Å². The van der Waals surface area contributed by atoms with Crippen molar-refractivity contribution in [1.29, 1.82) is 0 Å². The molecule has 0 radical (unpaired) electrons. The third kappa shape index (κ3) is 4.79. The van der Waals surface area contributed by atoms with Gasteiger partial charge in [0.15, 0.2) is 18.1 Å².